The summed E-state index contributed by atoms with van der Waals surface area (Å²) in [6.07, 6.45) is 2.97. The van der Waals surface area contributed by atoms with Gasteiger partial charge in [-0.2, -0.15) is 4.98 Å². The molecule has 176 valence electrons. The van der Waals surface area contributed by atoms with E-state index in [0.29, 0.717) is 18.4 Å². The van der Waals surface area contributed by atoms with E-state index in [1.54, 1.807) is 18.4 Å². The number of aliphatic hydroxyl groups excluding tert-OH is 1. The molecule has 1 fully saturated rings. The maximum atomic E-state index is 9.59. The highest BCUT2D eigenvalue weighted by atomic mass is 32.1. The first-order valence-corrected chi connectivity index (χ1v) is 12.4. The monoisotopic (exact) mass is 475 g/mol. The number of ether oxygens (including phenoxy) is 1. The highest BCUT2D eigenvalue weighted by molar-refractivity contribution is 7.21. The van der Waals surface area contributed by atoms with E-state index in [9.17, 15) is 5.11 Å². The molecule has 7 nitrogen and oxygen atoms in total. The largest absolute Gasteiger partial charge is 0.497 e. The molecule has 0 saturated heterocycles. The van der Waals surface area contributed by atoms with Crippen LogP contribution in [0.2, 0.25) is 0 Å². The first-order valence-electron chi connectivity index (χ1n) is 11.6. The molecular weight excluding hydrogens is 446 g/mol. The summed E-state index contributed by atoms with van der Waals surface area (Å²) in [6, 6.07) is 16.4. The number of hydrogen-bond acceptors (Lipinski definition) is 8. The van der Waals surface area contributed by atoms with Gasteiger partial charge in [0, 0.05) is 19.2 Å². The van der Waals surface area contributed by atoms with Gasteiger partial charge in [-0.3, -0.25) is 0 Å². The van der Waals surface area contributed by atoms with Gasteiger partial charge >= 0.3 is 0 Å². The van der Waals surface area contributed by atoms with Crippen molar-refractivity contribution in [3.63, 3.8) is 0 Å². The highest BCUT2D eigenvalue weighted by Crippen LogP contribution is 2.37. The Morgan fingerprint density at radius 1 is 1.09 bits per heavy atom. The minimum Gasteiger partial charge on any atom is -0.497 e. The first kappa shape index (κ1) is 22.6. The zero-order valence-electron chi connectivity index (χ0n) is 19.4. The Bertz CT molecular complexity index is 1260. The number of methoxy groups -OCH3 is 1. The number of anilines is 2. The number of benzene rings is 2. The Labute approximate surface area is 203 Å². The number of aliphatic hydroxyl groups is 1. The molecule has 1 aliphatic rings. The molecule has 0 radical (unpaired) electrons. The minimum atomic E-state index is 0.235. The fourth-order valence-corrected chi connectivity index (χ4v) is 5.58. The Morgan fingerprint density at radius 3 is 2.76 bits per heavy atom. The van der Waals surface area contributed by atoms with E-state index < -0.39 is 0 Å². The lowest BCUT2D eigenvalue weighted by atomic mass is 10.1. The molecule has 0 aliphatic heterocycles. The van der Waals surface area contributed by atoms with Gasteiger partial charge in [0.15, 0.2) is 0 Å². The van der Waals surface area contributed by atoms with Gasteiger partial charge in [-0.05, 0) is 61.9 Å². The van der Waals surface area contributed by atoms with Gasteiger partial charge in [0.05, 0.1) is 28.6 Å². The third-order valence-corrected chi connectivity index (χ3v) is 7.38. The minimum absolute atomic E-state index is 0.235. The third kappa shape index (κ3) is 4.83. The van der Waals surface area contributed by atoms with Crippen molar-refractivity contribution < 1.29 is 9.84 Å². The van der Waals surface area contributed by atoms with Crippen molar-refractivity contribution in [1.29, 1.82) is 0 Å². The number of thiazole rings is 1. The van der Waals surface area contributed by atoms with E-state index in [4.69, 9.17) is 19.7 Å². The van der Waals surface area contributed by atoms with Crippen LogP contribution >= 0.6 is 11.3 Å². The Kier molecular flexibility index (Phi) is 6.60. The number of rotatable bonds is 8. The fraction of sp³-hybridized carbons (Fsp3) is 0.346. The van der Waals surface area contributed by atoms with Crippen molar-refractivity contribution in [2.45, 2.75) is 38.8 Å². The molecule has 0 amide bonds. The van der Waals surface area contributed by atoms with E-state index in [1.165, 1.54) is 0 Å². The Morgan fingerprint density at radius 2 is 1.97 bits per heavy atom. The second kappa shape index (κ2) is 9.95. The molecule has 2 heterocycles. The normalized spacial score (nSPS) is 17.7. The van der Waals surface area contributed by atoms with E-state index in [-0.39, 0.29) is 12.6 Å². The van der Waals surface area contributed by atoms with Crippen LogP contribution in [0.1, 0.15) is 30.5 Å². The van der Waals surface area contributed by atoms with E-state index >= 15 is 0 Å². The molecule has 2 aromatic carbocycles. The van der Waals surface area contributed by atoms with E-state index in [2.05, 4.69) is 16.7 Å². The number of nitrogens with one attached hydrogen (secondary N) is 2. The zero-order chi connectivity index (χ0) is 23.5. The molecule has 0 spiro atoms. The second-order valence-electron chi connectivity index (χ2n) is 8.75. The summed E-state index contributed by atoms with van der Waals surface area (Å²) in [5.41, 5.74) is 3.89. The number of nitrogens with zero attached hydrogens (tertiary/aromatic N) is 3. The van der Waals surface area contributed by atoms with Crippen LogP contribution in [0.4, 0.5) is 11.8 Å². The Balaban J connectivity index is 1.47. The van der Waals surface area contributed by atoms with Crippen molar-refractivity contribution in [1.82, 2.24) is 15.0 Å². The van der Waals surface area contributed by atoms with Gasteiger partial charge < -0.3 is 20.5 Å². The summed E-state index contributed by atoms with van der Waals surface area (Å²) >= 11 is 1.66. The maximum Gasteiger partial charge on any atom is 0.225 e. The number of hydrogen-bond donors (Lipinski definition) is 3. The average Bonchev–Trinajstić information content (AvgIpc) is 3.49. The molecule has 0 bridgehead atoms. The summed E-state index contributed by atoms with van der Waals surface area (Å²) in [6.45, 7) is 2.84. The third-order valence-electron chi connectivity index (χ3n) is 6.32. The predicted octanol–water partition coefficient (Wildman–Crippen LogP) is 5.26. The van der Waals surface area contributed by atoms with Crippen molar-refractivity contribution in [3.05, 3.63) is 59.8 Å². The average molecular weight is 476 g/mol. The van der Waals surface area contributed by atoms with Crippen molar-refractivity contribution >= 4 is 33.3 Å². The lowest BCUT2D eigenvalue weighted by molar-refractivity contribution is 0.229. The number of aromatic nitrogens is 3. The fourth-order valence-electron chi connectivity index (χ4n) is 4.52. The van der Waals surface area contributed by atoms with E-state index in [1.807, 2.05) is 49.4 Å². The molecule has 0 unspecified atom stereocenters. The van der Waals surface area contributed by atoms with Gasteiger partial charge in [0.1, 0.15) is 16.6 Å². The van der Waals surface area contributed by atoms with Crippen molar-refractivity contribution in [2.24, 2.45) is 5.92 Å². The molecule has 4 aromatic rings. The zero-order valence-corrected chi connectivity index (χ0v) is 20.2. The van der Waals surface area contributed by atoms with Gasteiger partial charge in [0.25, 0.3) is 0 Å². The summed E-state index contributed by atoms with van der Waals surface area (Å²) in [5, 5.41) is 17.5. The van der Waals surface area contributed by atoms with Crippen molar-refractivity contribution in [3.8, 4) is 16.3 Å². The van der Waals surface area contributed by atoms with Crippen LogP contribution < -0.4 is 15.4 Å². The van der Waals surface area contributed by atoms with Gasteiger partial charge in [-0.15, -0.1) is 11.3 Å². The van der Waals surface area contributed by atoms with Gasteiger partial charge in [-0.1, -0.05) is 24.3 Å². The molecule has 2 aromatic heterocycles. The van der Waals surface area contributed by atoms with Crippen LogP contribution in [0.25, 0.3) is 20.8 Å². The lowest BCUT2D eigenvalue weighted by Gasteiger charge is -2.18. The molecule has 5 rings (SSSR count). The summed E-state index contributed by atoms with van der Waals surface area (Å²) in [5.74, 6) is 2.54. The molecule has 1 aliphatic carbocycles. The number of aryl methyl sites for hydroxylation is 1. The SMILES string of the molecule is COc1cccc(CNc2nc(C)c(-c3nc4ccccc4s3)c(N[C@H]3CC[C@@H](CO)C3)n2)c1. The van der Waals surface area contributed by atoms with E-state index in [0.717, 1.165) is 62.9 Å². The number of para-hydroxylation sites is 1. The molecule has 3 N–H and O–H groups in total. The van der Waals surface area contributed by atoms with Crippen LogP contribution in [-0.4, -0.2) is 39.8 Å². The number of fused-ring (bicyclic) bond motifs is 1. The second-order valence-corrected chi connectivity index (χ2v) is 9.78. The molecule has 1 saturated carbocycles. The van der Waals surface area contributed by atoms with Crippen LogP contribution in [0.15, 0.2) is 48.5 Å². The standard InChI is InChI=1S/C26H29N5O2S/c1-16-23(25-30-21-8-3-4-9-22(21)34-25)24(29-19-11-10-18(12-19)15-32)31-26(28-16)27-14-17-6-5-7-20(13-17)33-2/h3-9,13,18-19,32H,10-12,14-15H2,1-2H3,(H2,27,28,29,31)/t18-,19+/m1/s1. The van der Waals surface area contributed by atoms with Crippen molar-refractivity contribution in [2.75, 3.05) is 24.4 Å². The molecule has 2 atom stereocenters. The first-order chi connectivity index (χ1) is 16.6. The highest BCUT2D eigenvalue weighted by Gasteiger charge is 2.26. The van der Waals surface area contributed by atoms with Crippen LogP contribution in [0, 0.1) is 12.8 Å². The van der Waals surface area contributed by atoms with Crippen LogP contribution in [-0.2, 0) is 6.54 Å². The smallest absolute Gasteiger partial charge is 0.225 e. The predicted molar refractivity (Wildman–Crippen MR) is 138 cm³/mol. The van der Waals surface area contributed by atoms with Gasteiger partial charge in [0.2, 0.25) is 5.95 Å². The quantitative estimate of drug-likeness (QED) is 0.320. The maximum absolute atomic E-state index is 9.59. The molecule has 8 heteroatoms. The topological polar surface area (TPSA) is 92.2 Å². The van der Waals surface area contributed by atoms with Crippen LogP contribution in [0.3, 0.4) is 0 Å². The Hall–Kier alpha value is -3.23. The summed E-state index contributed by atoms with van der Waals surface area (Å²) < 4.78 is 6.48. The van der Waals surface area contributed by atoms with Gasteiger partial charge in [-0.25, -0.2) is 9.97 Å². The molecular formula is C26H29N5O2S. The lowest BCUT2D eigenvalue weighted by Crippen LogP contribution is -2.19. The molecule has 34 heavy (non-hydrogen) atoms. The summed E-state index contributed by atoms with van der Waals surface area (Å²) in [7, 11) is 1.67. The summed E-state index contributed by atoms with van der Waals surface area (Å²) in [4.78, 5) is 14.5. The van der Waals surface area contributed by atoms with Crippen LogP contribution in [0.5, 0.6) is 5.75 Å².